The van der Waals surface area contributed by atoms with Crippen molar-refractivity contribution in [1.82, 2.24) is 0 Å². The van der Waals surface area contributed by atoms with Gasteiger partial charge in [0.1, 0.15) is 6.29 Å². The Labute approximate surface area is 90.5 Å². The lowest BCUT2D eigenvalue weighted by molar-refractivity contribution is 0.112. The standard InChI is InChI=1S/C13H17NO/c1-9-3-4-11(8-15)12(7-9)13(5-6-13)10(2)14/h3-4,7-8,10H,5-6,14H2,1-2H3. The highest BCUT2D eigenvalue weighted by atomic mass is 16.1. The fourth-order valence-electron chi connectivity index (χ4n) is 2.31. The van der Waals surface area contributed by atoms with Gasteiger partial charge in [0.15, 0.2) is 0 Å². The van der Waals surface area contributed by atoms with E-state index >= 15 is 0 Å². The first kappa shape index (κ1) is 10.4. The first-order chi connectivity index (χ1) is 7.10. The molecule has 1 saturated carbocycles. The van der Waals surface area contributed by atoms with Crippen molar-refractivity contribution < 1.29 is 4.79 Å². The number of aryl methyl sites for hydroxylation is 1. The zero-order valence-corrected chi connectivity index (χ0v) is 9.29. The summed E-state index contributed by atoms with van der Waals surface area (Å²) in [7, 11) is 0. The Bertz CT molecular complexity index is 392. The van der Waals surface area contributed by atoms with E-state index in [4.69, 9.17) is 5.73 Å². The van der Waals surface area contributed by atoms with Crippen molar-refractivity contribution in [3.63, 3.8) is 0 Å². The largest absolute Gasteiger partial charge is 0.327 e. The molecule has 80 valence electrons. The molecule has 0 saturated heterocycles. The highest BCUT2D eigenvalue weighted by Crippen LogP contribution is 2.51. The maximum atomic E-state index is 11.0. The van der Waals surface area contributed by atoms with E-state index in [9.17, 15) is 4.79 Å². The molecule has 1 aromatic rings. The maximum Gasteiger partial charge on any atom is 0.150 e. The molecule has 1 aliphatic carbocycles. The molecule has 0 aromatic heterocycles. The molecule has 2 nitrogen and oxygen atoms in total. The minimum atomic E-state index is 0.0717. The van der Waals surface area contributed by atoms with Gasteiger partial charge in [0.25, 0.3) is 0 Å². The van der Waals surface area contributed by atoms with Gasteiger partial charge in [-0.2, -0.15) is 0 Å². The van der Waals surface area contributed by atoms with Crippen molar-refractivity contribution >= 4 is 6.29 Å². The quantitative estimate of drug-likeness (QED) is 0.765. The highest BCUT2D eigenvalue weighted by molar-refractivity contribution is 5.78. The topological polar surface area (TPSA) is 43.1 Å². The Balaban J connectivity index is 2.51. The Morgan fingerprint density at radius 2 is 2.13 bits per heavy atom. The van der Waals surface area contributed by atoms with Crippen molar-refractivity contribution in [1.29, 1.82) is 0 Å². The van der Waals surface area contributed by atoms with Gasteiger partial charge >= 0.3 is 0 Å². The monoisotopic (exact) mass is 203 g/mol. The predicted octanol–water partition coefficient (Wildman–Crippen LogP) is 2.19. The fourth-order valence-corrected chi connectivity index (χ4v) is 2.31. The Kier molecular flexibility index (Phi) is 2.39. The van der Waals surface area contributed by atoms with Crippen LogP contribution < -0.4 is 5.73 Å². The molecule has 1 aromatic carbocycles. The molecule has 15 heavy (non-hydrogen) atoms. The van der Waals surface area contributed by atoms with Crippen LogP contribution in [0.15, 0.2) is 18.2 Å². The molecular formula is C13H17NO. The van der Waals surface area contributed by atoms with Gasteiger partial charge in [0, 0.05) is 17.0 Å². The third-order valence-corrected chi connectivity index (χ3v) is 3.53. The highest BCUT2D eigenvalue weighted by Gasteiger charge is 2.48. The predicted molar refractivity (Wildman–Crippen MR) is 61.1 cm³/mol. The number of hydrogen-bond donors (Lipinski definition) is 1. The molecule has 0 aliphatic heterocycles. The minimum Gasteiger partial charge on any atom is -0.327 e. The van der Waals surface area contributed by atoms with E-state index in [1.807, 2.05) is 19.1 Å². The Morgan fingerprint density at radius 1 is 1.47 bits per heavy atom. The number of benzene rings is 1. The van der Waals surface area contributed by atoms with Gasteiger partial charge in [0.2, 0.25) is 0 Å². The molecule has 2 rings (SSSR count). The molecule has 0 radical (unpaired) electrons. The average Bonchev–Trinajstić information content (AvgIpc) is 2.98. The van der Waals surface area contributed by atoms with Gasteiger partial charge < -0.3 is 5.73 Å². The number of rotatable bonds is 3. The Morgan fingerprint density at radius 3 is 2.60 bits per heavy atom. The lowest BCUT2D eigenvalue weighted by atomic mass is 9.85. The summed E-state index contributed by atoms with van der Waals surface area (Å²) in [5.41, 5.74) is 9.24. The van der Waals surface area contributed by atoms with Crippen molar-refractivity contribution in [2.75, 3.05) is 0 Å². The van der Waals surface area contributed by atoms with Crippen LogP contribution in [0.25, 0.3) is 0 Å². The van der Waals surface area contributed by atoms with Gasteiger partial charge in [-0.3, -0.25) is 4.79 Å². The molecule has 1 unspecified atom stereocenters. The second kappa shape index (κ2) is 3.46. The Hall–Kier alpha value is -1.15. The van der Waals surface area contributed by atoms with E-state index in [1.165, 1.54) is 5.56 Å². The van der Waals surface area contributed by atoms with E-state index in [-0.39, 0.29) is 11.5 Å². The lowest BCUT2D eigenvalue weighted by Gasteiger charge is -2.22. The van der Waals surface area contributed by atoms with E-state index < -0.39 is 0 Å². The average molecular weight is 203 g/mol. The normalized spacial score (nSPS) is 19.7. The van der Waals surface area contributed by atoms with Crippen molar-refractivity contribution in [2.45, 2.75) is 38.1 Å². The van der Waals surface area contributed by atoms with Crippen LogP contribution in [-0.4, -0.2) is 12.3 Å². The second-order valence-corrected chi connectivity index (χ2v) is 4.65. The molecule has 0 bridgehead atoms. The number of aldehydes is 1. The van der Waals surface area contributed by atoms with Crippen LogP contribution in [0.2, 0.25) is 0 Å². The van der Waals surface area contributed by atoms with Crippen LogP contribution in [-0.2, 0) is 5.41 Å². The number of nitrogens with two attached hydrogens (primary N) is 1. The van der Waals surface area contributed by atoms with Crippen molar-refractivity contribution in [3.05, 3.63) is 34.9 Å². The summed E-state index contributed by atoms with van der Waals surface area (Å²) in [6.07, 6.45) is 3.15. The van der Waals surface area contributed by atoms with Crippen molar-refractivity contribution in [3.8, 4) is 0 Å². The van der Waals surface area contributed by atoms with Gasteiger partial charge in [0.05, 0.1) is 0 Å². The van der Waals surface area contributed by atoms with Gasteiger partial charge in [-0.05, 0) is 32.3 Å². The zero-order valence-electron chi connectivity index (χ0n) is 9.29. The minimum absolute atomic E-state index is 0.0717. The van der Waals surface area contributed by atoms with Crippen LogP contribution in [0.3, 0.4) is 0 Å². The summed E-state index contributed by atoms with van der Waals surface area (Å²) in [5.74, 6) is 0. The molecule has 2 N–H and O–H groups in total. The summed E-state index contributed by atoms with van der Waals surface area (Å²) >= 11 is 0. The summed E-state index contributed by atoms with van der Waals surface area (Å²) in [6, 6.07) is 6.11. The fraction of sp³-hybridized carbons (Fsp3) is 0.462. The number of hydrogen-bond acceptors (Lipinski definition) is 2. The van der Waals surface area contributed by atoms with E-state index in [0.717, 1.165) is 30.3 Å². The molecule has 0 heterocycles. The maximum absolute atomic E-state index is 11.0. The summed E-state index contributed by atoms with van der Waals surface area (Å²) in [4.78, 5) is 11.0. The third-order valence-electron chi connectivity index (χ3n) is 3.53. The van der Waals surface area contributed by atoms with E-state index in [2.05, 4.69) is 13.0 Å². The second-order valence-electron chi connectivity index (χ2n) is 4.65. The third kappa shape index (κ3) is 1.59. The molecule has 1 aliphatic rings. The van der Waals surface area contributed by atoms with Crippen LogP contribution in [0, 0.1) is 6.92 Å². The first-order valence-electron chi connectivity index (χ1n) is 5.42. The van der Waals surface area contributed by atoms with Crippen LogP contribution >= 0.6 is 0 Å². The molecule has 0 spiro atoms. The number of carbonyl (C=O) groups excluding carboxylic acids is 1. The summed E-state index contributed by atoms with van der Waals surface area (Å²) in [5, 5.41) is 0. The van der Waals surface area contributed by atoms with E-state index in [1.54, 1.807) is 0 Å². The molecule has 1 atom stereocenters. The first-order valence-corrected chi connectivity index (χ1v) is 5.42. The van der Waals surface area contributed by atoms with Crippen LogP contribution in [0.5, 0.6) is 0 Å². The molecule has 1 fully saturated rings. The van der Waals surface area contributed by atoms with Crippen LogP contribution in [0.4, 0.5) is 0 Å². The summed E-state index contributed by atoms with van der Waals surface area (Å²) in [6.45, 7) is 4.08. The SMILES string of the molecule is Cc1ccc(C=O)c(C2(C(C)N)CC2)c1. The molecule has 0 amide bonds. The van der Waals surface area contributed by atoms with Gasteiger partial charge in [-0.15, -0.1) is 0 Å². The summed E-state index contributed by atoms with van der Waals surface area (Å²) < 4.78 is 0. The van der Waals surface area contributed by atoms with Crippen molar-refractivity contribution in [2.24, 2.45) is 5.73 Å². The number of carbonyl (C=O) groups is 1. The van der Waals surface area contributed by atoms with Crippen LogP contribution in [0.1, 0.15) is 41.3 Å². The lowest BCUT2D eigenvalue weighted by Crippen LogP contribution is -2.32. The molecular weight excluding hydrogens is 186 g/mol. The van der Waals surface area contributed by atoms with Gasteiger partial charge in [-0.1, -0.05) is 23.8 Å². The van der Waals surface area contributed by atoms with E-state index in [0.29, 0.717) is 0 Å². The molecule has 2 heteroatoms. The smallest absolute Gasteiger partial charge is 0.150 e. The van der Waals surface area contributed by atoms with Gasteiger partial charge in [-0.25, -0.2) is 0 Å². The zero-order chi connectivity index (χ0) is 11.1.